The van der Waals surface area contributed by atoms with Gasteiger partial charge in [-0.3, -0.25) is 4.79 Å². The van der Waals surface area contributed by atoms with E-state index in [-0.39, 0.29) is 5.91 Å². The maximum Gasteiger partial charge on any atom is 0.256 e. The predicted octanol–water partition coefficient (Wildman–Crippen LogP) is 4.69. The quantitative estimate of drug-likeness (QED) is 0.521. The molecule has 0 aliphatic heterocycles. The van der Waals surface area contributed by atoms with E-state index in [4.69, 9.17) is 4.74 Å². The number of aromatic nitrogens is 4. The molecule has 4 rings (SSSR count). The first kappa shape index (κ1) is 18.8. The normalized spacial score (nSPS) is 10.7. The van der Waals surface area contributed by atoms with Gasteiger partial charge in [0.15, 0.2) is 5.82 Å². The van der Waals surface area contributed by atoms with E-state index in [0.29, 0.717) is 34.5 Å². The number of aryl methyl sites for hydroxylation is 3. The summed E-state index contributed by atoms with van der Waals surface area (Å²) in [7, 11) is 0. The molecule has 0 unspecified atom stereocenters. The molecule has 146 valence electrons. The van der Waals surface area contributed by atoms with Crippen LogP contribution in [0.25, 0.3) is 5.82 Å². The van der Waals surface area contributed by atoms with Crippen LogP contribution in [0, 0.1) is 20.8 Å². The number of nitrogens with zero attached hydrogens (tertiary/aromatic N) is 4. The minimum Gasteiger partial charge on any atom is -0.439 e. The van der Waals surface area contributed by atoms with E-state index < -0.39 is 0 Å². The molecule has 0 radical (unpaired) electrons. The number of anilines is 1. The molecule has 0 aliphatic rings. The second-order valence-electron chi connectivity index (χ2n) is 6.54. The molecule has 1 amide bonds. The maximum atomic E-state index is 12.1. The van der Waals surface area contributed by atoms with E-state index in [2.05, 4.69) is 20.4 Å². The Balaban J connectivity index is 1.50. The second-order valence-corrected chi connectivity index (χ2v) is 7.32. The average molecular weight is 405 g/mol. The fourth-order valence-electron chi connectivity index (χ4n) is 2.87. The largest absolute Gasteiger partial charge is 0.439 e. The van der Waals surface area contributed by atoms with E-state index in [9.17, 15) is 4.79 Å². The standard InChI is InChI=1S/C21H19N5O2S/c1-13-10-14(2)26(25-13)19-11-20(23-15(3)22-19)28-18-6-4-17(5-7-18)24-21(27)16-8-9-29-12-16/h4-12H,1-3H3,(H,24,27). The molecule has 3 aromatic heterocycles. The Morgan fingerprint density at radius 1 is 1.07 bits per heavy atom. The molecule has 0 saturated carbocycles. The van der Waals surface area contributed by atoms with Crippen LogP contribution in [-0.4, -0.2) is 25.7 Å². The Hall–Kier alpha value is -3.52. The first-order chi connectivity index (χ1) is 14.0. The summed E-state index contributed by atoms with van der Waals surface area (Å²) in [6.07, 6.45) is 0. The molecular formula is C21H19N5O2S. The van der Waals surface area contributed by atoms with Crippen molar-refractivity contribution in [3.63, 3.8) is 0 Å². The molecule has 0 saturated heterocycles. The summed E-state index contributed by atoms with van der Waals surface area (Å²) in [5, 5.41) is 11.0. The first-order valence-electron chi connectivity index (χ1n) is 8.99. The van der Waals surface area contributed by atoms with Crippen molar-refractivity contribution in [1.82, 2.24) is 19.7 Å². The number of carbonyl (C=O) groups is 1. The Labute approximate surface area is 172 Å². The highest BCUT2D eigenvalue weighted by Crippen LogP contribution is 2.24. The zero-order chi connectivity index (χ0) is 20.4. The summed E-state index contributed by atoms with van der Waals surface area (Å²) in [5.74, 6) is 2.13. The van der Waals surface area contributed by atoms with E-state index >= 15 is 0 Å². The second kappa shape index (κ2) is 7.84. The summed E-state index contributed by atoms with van der Waals surface area (Å²) in [4.78, 5) is 20.9. The first-order valence-corrected chi connectivity index (χ1v) is 9.93. The van der Waals surface area contributed by atoms with Crippen LogP contribution in [0.15, 0.2) is 53.2 Å². The molecular weight excluding hydrogens is 386 g/mol. The van der Waals surface area contributed by atoms with E-state index in [0.717, 1.165) is 11.4 Å². The SMILES string of the molecule is Cc1cc(C)n(-c2cc(Oc3ccc(NC(=O)c4ccsc4)cc3)nc(C)n2)n1. The molecule has 0 fully saturated rings. The van der Waals surface area contributed by atoms with Crippen LogP contribution < -0.4 is 10.1 Å². The lowest BCUT2D eigenvalue weighted by Gasteiger charge is -2.10. The van der Waals surface area contributed by atoms with Gasteiger partial charge in [-0.15, -0.1) is 0 Å². The highest BCUT2D eigenvalue weighted by Gasteiger charge is 2.10. The van der Waals surface area contributed by atoms with Gasteiger partial charge in [0, 0.05) is 22.8 Å². The fraction of sp³-hybridized carbons (Fsp3) is 0.143. The zero-order valence-corrected chi connectivity index (χ0v) is 17.0. The number of amides is 1. The molecule has 0 aliphatic carbocycles. The highest BCUT2D eigenvalue weighted by molar-refractivity contribution is 7.08. The van der Waals surface area contributed by atoms with Crippen LogP contribution in [-0.2, 0) is 0 Å². The molecule has 8 heteroatoms. The molecule has 0 bridgehead atoms. The minimum absolute atomic E-state index is 0.138. The average Bonchev–Trinajstić information content (AvgIpc) is 3.32. The Kier molecular flexibility index (Phi) is 5.09. The van der Waals surface area contributed by atoms with Gasteiger partial charge in [0.2, 0.25) is 5.88 Å². The van der Waals surface area contributed by atoms with Crippen LogP contribution in [0.3, 0.4) is 0 Å². The number of thiophene rings is 1. The number of carbonyl (C=O) groups excluding carboxylic acids is 1. The minimum atomic E-state index is -0.138. The summed E-state index contributed by atoms with van der Waals surface area (Å²) < 4.78 is 7.66. The third-order valence-corrected chi connectivity index (χ3v) is 4.83. The Morgan fingerprint density at radius 2 is 1.86 bits per heavy atom. The van der Waals surface area contributed by atoms with Crippen LogP contribution in [0.2, 0.25) is 0 Å². The van der Waals surface area contributed by atoms with Gasteiger partial charge in [0.1, 0.15) is 11.6 Å². The number of nitrogens with one attached hydrogen (secondary N) is 1. The predicted molar refractivity (Wildman–Crippen MR) is 112 cm³/mol. The smallest absolute Gasteiger partial charge is 0.256 e. The monoisotopic (exact) mass is 405 g/mol. The number of hydrogen-bond acceptors (Lipinski definition) is 6. The highest BCUT2D eigenvalue weighted by atomic mass is 32.1. The van der Waals surface area contributed by atoms with Crippen LogP contribution in [0.4, 0.5) is 5.69 Å². The number of ether oxygens (including phenoxy) is 1. The van der Waals surface area contributed by atoms with Crippen molar-refractivity contribution in [2.24, 2.45) is 0 Å². The zero-order valence-electron chi connectivity index (χ0n) is 16.2. The van der Waals surface area contributed by atoms with E-state index in [1.165, 1.54) is 11.3 Å². The summed E-state index contributed by atoms with van der Waals surface area (Å²) >= 11 is 1.49. The lowest BCUT2D eigenvalue weighted by Crippen LogP contribution is -2.10. The third kappa shape index (κ3) is 4.33. The Bertz CT molecular complexity index is 1150. The van der Waals surface area contributed by atoms with Gasteiger partial charge in [0.25, 0.3) is 5.91 Å². The lowest BCUT2D eigenvalue weighted by molar-refractivity contribution is 0.102. The van der Waals surface area contributed by atoms with Crippen molar-refractivity contribution in [2.45, 2.75) is 20.8 Å². The van der Waals surface area contributed by atoms with Crippen molar-refractivity contribution in [1.29, 1.82) is 0 Å². The fourth-order valence-corrected chi connectivity index (χ4v) is 3.51. The van der Waals surface area contributed by atoms with Crippen molar-refractivity contribution in [3.05, 3.63) is 76.0 Å². The molecule has 0 atom stereocenters. The van der Waals surface area contributed by atoms with Crippen molar-refractivity contribution in [2.75, 3.05) is 5.32 Å². The maximum absolute atomic E-state index is 12.1. The number of hydrogen-bond donors (Lipinski definition) is 1. The molecule has 4 aromatic rings. The van der Waals surface area contributed by atoms with E-state index in [1.807, 2.05) is 37.6 Å². The van der Waals surface area contributed by atoms with Crippen LogP contribution in [0.1, 0.15) is 27.6 Å². The lowest BCUT2D eigenvalue weighted by atomic mass is 10.2. The van der Waals surface area contributed by atoms with Gasteiger partial charge in [-0.2, -0.15) is 21.4 Å². The summed E-state index contributed by atoms with van der Waals surface area (Å²) in [5.41, 5.74) is 3.23. The van der Waals surface area contributed by atoms with Gasteiger partial charge in [-0.25, -0.2) is 9.67 Å². The molecule has 1 N–H and O–H groups in total. The van der Waals surface area contributed by atoms with Gasteiger partial charge >= 0.3 is 0 Å². The van der Waals surface area contributed by atoms with Crippen LogP contribution >= 0.6 is 11.3 Å². The van der Waals surface area contributed by atoms with Gasteiger partial charge in [-0.1, -0.05) is 0 Å². The third-order valence-electron chi connectivity index (χ3n) is 4.15. The summed E-state index contributed by atoms with van der Waals surface area (Å²) in [6.45, 7) is 5.72. The number of benzene rings is 1. The van der Waals surface area contributed by atoms with Gasteiger partial charge in [-0.05, 0) is 62.5 Å². The van der Waals surface area contributed by atoms with E-state index in [1.54, 1.807) is 41.1 Å². The van der Waals surface area contributed by atoms with Crippen molar-refractivity contribution >= 4 is 22.9 Å². The molecule has 7 nitrogen and oxygen atoms in total. The van der Waals surface area contributed by atoms with Gasteiger partial charge in [0.05, 0.1) is 11.3 Å². The van der Waals surface area contributed by atoms with Gasteiger partial charge < -0.3 is 10.1 Å². The summed E-state index contributed by atoms with van der Waals surface area (Å²) in [6, 6.07) is 12.7. The van der Waals surface area contributed by atoms with Crippen molar-refractivity contribution in [3.8, 4) is 17.4 Å². The topological polar surface area (TPSA) is 81.9 Å². The van der Waals surface area contributed by atoms with Crippen molar-refractivity contribution < 1.29 is 9.53 Å². The Morgan fingerprint density at radius 3 is 2.52 bits per heavy atom. The van der Waals surface area contributed by atoms with Crippen LogP contribution in [0.5, 0.6) is 11.6 Å². The molecule has 0 spiro atoms. The molecule has 29 heavy (non-hydrogen) atoms. The molecule has 3 heterocycles. The molecule has 1 aromatic carbocycles. The number of rotatable bonds is 5.